The van der Waals surface area contributed by atoms with Gasteiger partial charge in [0, 0.05) is 23.8 Å². The third-order valence-corrected chi connectivity index (χ3v) is 5.02. The molecule has 1 aliphatic heterocycles. The highest BCUT2D eigenvalue weighted by Gasteiger charge is 2.42. The predicted octanol–water partition coefficient (Wildman–Crippen LogP) is 3.50. The van der Waals surface area contributed by atoms with Gasteiger partial charge in [0.1, 0.15) is 0 Å². The highest BCUT2D eigenvalue weighted by molar-refractivity contribution is 6.00. The number of ether oxygens (including phenoxy) is 1. The predicted molar refractivity (Wildman–Crippen MR) is 79.8 cm³/mol. The molecule has 2 aliphatic rings. The number of carbonyl (C=O) groups excluding carboxylic acids is 1. The van der Waals surface area contributed by atoms with Gasteiger partial charge in [-0.15, -0.1) is 0 Å². The normalized spacial score (nSPS) is 24.9. The van der Waals surface area contributed by atoms with Gasteiger partial charge in [0.2, 0.25) is 0 Å². The van der Waals surface area contributed by atoms with Crippen LogP contribution >= 0.6 is 0 Å². The van der Waals surface area contributed by atoms with Crippen molar-refractivity contribution in [1.82, 2.24) is 0 Å². The lowest BCUT2D eigenvalue weighted by Crippen LogP contribution is -2.39. The molecular weight excluding hydrogens is 250 g/mol. The van der Waals surface area contributed by atoms with E-state index in [2.05, 4.69) is 0 Å². The Kier molecular flexibility index (Phi) is 3.55. The second-order valence-electron chi connectivity index (χ2n) is 6.31. The molecule has 2 fully saturated rings. The summed E-state index contributed by atoms with van der Waals surface area (Å²) < 4.78 is 6.02. The van der Waals surface area contributed by atoms with Crippen molar-refractivity contribution >= 4 is 11.5 Å². The minimum atomic E-state index is -0.00714. The average Bonchev–Trinajstić information content (AvgIpc) is 2.89. The van der Waals surface area contributed by atoms with E-state index in [-0.39, 0.29) is 17.3 Å². The van der Waals surface area contributed by atoms with E-state index in [4.69, 9.17) is 10.5 Å². The van der Waals surface area contributed by atoms with Gasteiger partial charge in [-0.05, 0) is 44.2 Å². The first-order chi connectivity index (χ1) is 9.61. The molecule has 1 saturated carbocycles. The van der Waals surface area contributed by atoms with Gasteiger partial charge < -0.3 is 10.5 Å². The molecule has 1 aliphatic carbocycles. The van der Waals surface area contributed by atoms with Crippen molar-refractivity contribution in [1.29, 1.82) is 0 Å². The van der Waals surface area contributed by atoms with Crippen molar-refractivity contribution in [3.8, 4) is 0 Å². The Morgan fingerprint density at radius 3 is 2.85 bits per heavy atom. The highest BCUT2D eigenvalue weighted by atomic mass is 16.5. The number of ketones is 1. The molecule has 0 aromatic heterocycles. The summed E-state index contributed by atoms with van der Waals surface area (Å²) in [6, 6.07) is 5.64. The molecule has 3 nitrogen and oxygen atoms in total. The summed E-state index contributed by atoms with van der Waals surface area (Å²) in [5.74, 6) is 0.353. The van der Waals surface area contributed by atoms with Crippen LogP contribution in [0.5, 0.6) is 0 Å². The maximum atomic E-state index is 12.8. The number of nitrogens with two attached hydrogens (primary N) is 1. The quantitative estimate of drug-likeness (QED) is 0.663. The number of nitrogen functional groups attached to an aromatic ring is 1. The number of Topliss-reactive ketones (excluding diaryl/α,β-unsaturated/α-hetero) is 1. The molecule has 1 aromatic carbocycles. The van der Waals surface area contributed by atoms with Crippen LogP contribution < -0.4 is 5.73 Å². The van der Waals surface area contributed by atoms with Gasteiger partial charge in [0.05, 0.1) is 5.60 Å². The van der Waals surface area contributed by atoms with Gasteiger partial charge in [0.15, 0.2) is 5.78 Å². The third-order valence-electron chi connectivity index (χ3n) is 5.02. The number of anilines is 1. The molecule has 1 saturated heterocycles. The number of carbonyl (C=O) groups is 1. The van der Waals surface area contributed by atoms with E-state index in [1.54, 1.807) is 0 Å². The second kappa shape index (κ2) is 5.21. The molecule has 0 bridgehead atoms. The van der Waals surface area contributed by atoms with E-state index >= 15 is 0 Å². The summed E-state index contributed by atoms with van der Waals surface area (Å²) in [6.45, 7) is 2.66. The van der Waals surface area contributed by atoms with Gasteiger partial charge in [-0.25, -0.2) is 0 Å². The monoisotopic (exact) mass is 273 g/mol. The minimum Gasteiger partial charge on any atom is -0.398 e. The lowest BCUT2D eigenvalue weighted by molar-refractivity contribution is -0.0866. The number of rotatable bonds is 2. The van der Waals surface area contributed by atoms with Crippen molar-refractivity contribution in [2.45, 2.75) is 51.0 Å². The molecule has 2 N–H and O–H groups in total. The van der Waals surface area contributed by atoms with Gasteiger partial charge in [-0.2, -0.15) is 0 Å². The molecule has 0 amide bonds. The molecule has 1 aromatic rings. The lowest BCUT2D eigenvalue weighted by Gasteiger charge is -2.37. The summed E-state index contributed by atoms with van der Waals surface area (Å²) in [6.07, 6.45) is 6.44. The van der Waals surface area contributed by atoms with E-state index in [9.17, 15) is 4.79 Å². The van der Waals surface area contributed by atoms with Crippen LogP contribution in [0.3, 0.4) is 0 Å². The maximum Gasteiger partial charge on any atom is 0.166 e. The van der Waals surface area contributed by atoms with E-state index in [0.717, 1.165) is 43.4 Å². The Hall–Kier alpha value is -1.35. The zero-order chi connectivity index (χ0) is 14.2. The highest BCUT2D eigenvalue weighted by Crippen LogP contribution is 2.43. The topological polar surface area (TPSA) is 52.3 Å². The first-order valence-corrected chi connectivity index (χ1v) is 7.65. The van der Waals surface area contributed by atoms with Crippen LogP contribution in [-0.4, -0.2) is 18.0 Å². The largest absolute Gasteiger partial charge is 0.398 e. The third kappa shape index (κ3) is 2.35. The SMILES string of the molecule is Cc1c(N)cccc1C(=O)C1CCOC2(CCCC2)C1. The Morgan fingerprint density at radius 1 is 1.35 bits per heavy atom. The lowest BCUT2D eigenvalue weighted by atomic mass is 9.80. The second-order valence-corrected chi connectivity index (χ2v) is 6.31. The van der Waals surface area contributed by atoms with Crippen LogP contribution in [0.2, 0.25) is 0 Å². The van der Waals surface area contributed by atoms with Crippen LogP contribution in [0.15, 0.2) is 18.2 Å². The zero-order valence-electron chi connectivity index (χ0n) is 12.2. The first kappa shape index (κ1) is 13.6. The molecule has 1 heterocycles. The first-order valence-electron chi connectivity index (χ1n) is 7.65. The fraction of sp³-hybridized carbons (Fsp3) is 0.588. The zero-order valence-corrected chi connectivity index (χ0v) is 12.2. The van der Waals surface area contributed by atoms with Crippen LogP contribution in [0, 0.1) is 12.8 Å². The molecule has 0 radical (unpaired) electrons. The summed E-state index contributed by atoms with van der Waals surface area (Å²) in [5.41, 5.74) is 8.34. The summed E-state index contributed by atoms with van der Waals surface area (Å²) >= 11 is 0. The van der Waals surface area contributed by atoms with E-state index in [1.807, 2.05) is 25.1 Å². The van der Waals surface area contributed by atoms with E-state index < -0.39 is 0 Å². The number of hydrogen-bond donors (Lipinski definition) is 1. The molecule has 3 heteroatoms. The van der Waals surface area contributed by atoms with Crippen molar-refractivity contribution in [2.75, 3.05) is 12.3 Å². The Morgan fingerprint density at radius 2 is 2.10 bits per heavy atom. The fourth-order valence-electron chi connectivity index (χ4n) is 3.76. The van der Waals surface area contributed by atoms with Gasteiger partial charge in [-0.1, -0.05) is 25.0 Å². The standard InChI is InChI=1S/C17H23NO2/c1-12-14(5-4-6-15(12)18)16(19)13-7-10-20-17(11-13)8-2-3-9-17/h4-6,13H,2-3,7-11,18H2,1H3. The Labute approximate surface area is 120 Å². The van der Waals surface area contributed by atoms with E-state index in [0.29, 0.717) is 5.69 Å². The Balaban J connectivity index is 1.81. The van der Waals surface area contributed by atoms with Crippen molar-refractivity contribution < 1.29 is 9.53 Å². The summed E-state index contributed by atoms with van der Waals surface area (Å²) in [7, 11) is 0. The maximum absolute atomic E-state index is 12.8. The molecule has 1 unspecified atom stereocenters. The number of benzene rings is 1. The fourth-order valence-corrected chi connectivity index (χ4v) is 3.76. The molecule has 20 heavy (non-hydrogen) atoms. The molecular formula is C17H23NO2. The van der Waals surface area contributed by atoms with Crippen molar-refractivity contribution in [2.24, 2.45) is 5.92 Å². The van der Waals surface area contributed by atoms with E-state index in [1.165, 1.54) is 12.8 Å². The Bertz CT molecular complexity index is 518. The van der Waals surface area contributed by atoms with Crippen LogP contribution in [0.4, 0.5) is 5.69 Å². The minimum absolute atomic E-state index is 0.00714. The average molecular weight is 273 g/mol. The van der Waals surface area contributed by atoms with Crippen molar-refractivity contribution in [3.05, 3.63) is 29.3 Å². The molecule has 1 atom stereocenters. The smallest absolute Gasteiger partial charge is 0.166 e. The van der Waals surface area contributed by atoms with Gasteiger partial charge in [0.25, 0.3) is 0 Å². The van der Waals surface area contributed by atoms with Gasteiger partial charge in [-0.3, -0.25) is 4.79 Å². The van der Waals surface area contributed by atoms with Crippen LogP contribution in [-0.2, 0) is 4.74 Å². The summed E-state index contributed by atoms with van der Waals surface area (Å²) in [5, 5.41) is 0. The van der Waals surface area contributed by atoms with Crippen LogP contribution in [0.1, 0.15) is 54.4 Å². The number of hydrogen-bond acceptors (Lipinski definition) is 3. The molecule has 1 spiro atoms. The van der Waals surface area contributed by atoms with Crippen molar-refractivity contribution in [3.63, 3.8) is 0 Å². The van der Waals surface area contributed by atoms with Crippen LogP contribution in [0.25, 0.3) is 0 Å². The molecule has 108 valence electrons. The summed E-state index contributed by atoms with van der Waals surface area (Å²) in [4.78, 5) is 12.8. The molecule has 3 rings (SSSR count). The van der Waals surface area contributed by atoms with Gasteiger partial charge >= 0.3 is 0 Å².